The maximum atomic E-state index is 13.7. The minimum atomic E-state index is -0.441. The lowest BCUT2D eigenvalue weighted by atomic mass is 9.78. The number of hydrogen-bond donors (Lipinski definition) is 2. The lowest BCUT2D eigenvalue weighted by molar-refractivity contribution is -0.116. The number of halogens is 1. The Bertz CT molecular complexity index is 1510. The molecular weight excluding hydrogens is 463 g/mol. The van der Waals surface area contributed by atoms with Crippen molar-refractivity contribution in [3.05, 3.63) is 142 Å². The molecule has 0 aromatic heterocycles. The van der Waals surface area contributed by atoms with Crippen molar-refractivity contribution in [2.24, 2.45) is 0 Å². The lowest BCUT2D eigenvalue weighted by Gasteiger charge is -2.30. The van der Waals surface area contributed by atoms with Gasteiger partial charge >= 0.3 is 0 Å². The van der Waals surface area contributed by atoms with Crippen LogP contribution in [0.15, 0.2) is 114 Å². The minimum Gasteiger partial charge on any atom is -0.372 e. The van der Waals surface area contributed by atoms with Crippen LogP contribution in [0, 0.1) is 5.82 Å². The first-order valence-electron chi connectivity index (χ1n) is 12.4. The maximum absolute atomic E-state index is 13.7. The summed E-state index contributed by atoms with van der Waals surface area (Å²) in [6.45, 7) is 0. The monoisotopic (exact) mass is 488 g/mol. The highest BCUT2D eigenvalue weighted by atomic mass is 19.1. The molecule has 182 valence electrons. The Balaban J connectivity index is 1.44. The normalized spacial score (nSPS) is 18.7. The van der Waals surface area contributed by atoms with Gasteiger partial charge in [0.15, 0.2) is 11.6 Å². The smallest absolute Gasteiger partial charge is 0.193 e. The van der Waals surface area contributed by atoms with Crippen LogP contribution in [-0.2, 0) is 4.79 Å². The third kappa shape index (κ3) is 4.45. The Morgan fingerprint density at radius 1 is 0.730 bits per heavy atom. The molecule has 4 nitrogen and oxygen atoms in total. The van der Waals surface area contributed by atoms with Gasteiger partial charge in [-0.15, -0.1) is 0 Å². The molecule has 4 aromatic carbocycles. The van der Waals surface area contributed by atoms with Crippen molar-refractivity contribution in [2.75, 3.05) is 10.6 Å². The molecule has 2 aliphatic rings. The van der Waals surface area contributed by atoms with Gasteiger partial charge in [0.05, 0.1) is 17.4 Å². The van der Waals surface area contributed by atoms with Gasteiger partial charge in [0.1, 0.15) is 5.82 Å². The highest BCUT2D eigenvalue weighted by Crippen LogP contribution is 2.44. The second-order valence-electron chi connectivity index (χ2n) is 9.54. The molecule has 2 N–H and O–H groups in total. The second-order valence-corrected chi connectivity index (χ2v) is 9.54. The number of anilines is 2. The van der Waals surface area contributed by atoms with Crippen LogP contribution < -0.4 is 10.6 Å². The van der Waals surface area contributed by atoms with Crippen LogP contribution in [0.1, 0.15) is 51.8 Å². The molecule has 0 bridgehead atoms. The summed E-state index contributed by atoms with van der Waals surface area (Å²) in [5.41, 5.74) is 6.10. The third-order valence-electron chi connectivity index (χ3n) is 7.17. The van der Waals surface area contributed by atoms with Crippen molar-refractivity contribution in [1.29, 1.82) is 0 Å². The van der Waals surface area contributed by atoms with Crippen molar-refractivity contribution < 1.29 is 14.0 Å². The summed E-state index contributed by atoms with van der Waals surface area (Å²) in [6.07, 6.45) is 1.05. The van der Waals surface area contributed by atoms with Gasteiger partial charge in [0.2, 0.25) is 0 Å². The predicted molar refractivity (Wildman–Crippen MR) is 143 cm³/mol. The topological polar surface area (TPSA) is 58.2 Å². The van der Waals surface area contributed by atoms with E-state index in [0.29, 0.717) is 29.5 Å². The molecule has 0 amide bonds. The van der Waals surface area contributed by atoms with Crippen molar-refractivity contribution in [1.82, 2.24) is 0 Å². The van der Waals surface area contributed by atoms with E-state index in [1.54, 1.807) is 30.3 Å². The van der Waals surface area contributed by atoms with E-state index < -0.39 is 6.04 Å². The van der Waals surface area contributed by atoms with Crippen LogP contribution in [0.2, 0.25) is 0 Å². The predicted octanol–water partition coefficient (Wildman–Crippen LogP) is 7.04. The van der Waals surface area contributed by atoms with E-state index in [1.807, 2.05) is 48.5 Å². The van der Waals surface area contributed by atoms with Crippen LogP contribution >= 0.6 is 0 Å². The van der Waals surface area contributed by atoms with Crippen molar-refractivity contribution >= 4 is 22.9 Å². The zero-order valence-corrected chi connectivity index (χ0v) is 20.1. The van der Waals surface area contributed by atoms with E-state index in [1.165, 1.54) is 12.1 Å². The number of Topliss-reactive ketones (excluding diaryl/α,β-unsaturated/α-hetero) is 1. The summed E-state index contributed by atoms with van der Waals surface area (Å²) in [5, 5.41) is 7.03. The molecule has 6 rings (SSSR count). The fourth-order valence-corrected chi connectivity index (χ4v) is 5.31. The van der Waals surface area contributed by atoms with E-state index in [2.05, 4.69) is 22.8 Å². The molecule has 0 fully saturated rings. The molecule has 37 heavy (non-hydrogen) atoms. The molecule has 0 saturated carbocycles. The lowest BCUT2D eigenvalue weighted by Crippen LogP contribution is -2.26. The van der Waals surface area contributed by atoms with E-state index in [-0.39, 0.29) is 23.3 Å². The molecule has 0 spiro atoms. The highest BCUT2D eigenvalue weighted by Gasteiger charge is 2.36. The number of carbonyl (C=O) groups excluding carboxylic acids is 2. The molecule has 2 atom stereocenters. The Hall–Kier alpha value is -4.51. The van der Waals surface area contributed by atoms with Gasteiger partial charge in [0, 0.05) is 28.8 Å². The number of hydrogen-bond acceptors (Lipinski definition) is 4. The first kappa shape index (κ1) is 22.9. The summed E-state index contributed by atoms with van der Waals surface area (Å²) in [7, 11) is 0. The van der Waals surface area contributed by atoms with Gasteiger partial charge in [-0.2, -0.15) is 0 Å². The van der Waals surface area contributed by atoms with Gasteiger partial charge in [0.25, 0.3) is 0 Å². The van der Waals surface area contributed by atoms with E-state index in [4.69, 9.17) is 0 Å². The van der Waals surface area contributed by atoms with E-state index in [9.17, 15) is 14.0 Å². The zero-order valence-electron chi connectivity index (χ0n) is 20.1. The number of carbonyl (C=O) groups is 2. The Kier molecular flexibility index (Phi) is 5.89. The molecule has 0 unspecified atom stereocenters. The van der Waals surface area contributed by atoms with Gasteiger partial charge < -0.3 is 10.6 Å². The summed E-state index contributed by atoms with van der Waals surface area (Å²) in [5.74, 6) is -0.295. The molecule has 4 aromatic rings. The molecule has 1 heterocycles. The van der Waals surface area contributed by atoms with Gasteiger partial charge in [-0.05, 0) is 53.8 Å². The standard InChI is InChI=1S/C32H25FN2O2/c33-25-14-11-21(12-15-25)31-30-28(18-24(19-29(30)36)20-7-3-1-4-8-20)34-27-17-23(13-16-26(27)35-31)32(37)22-9-5-2-6-10-22/h1-17,24,31,34-35H,18-19H2/t24-,31-/m1/s1. The van der Waals surface area contributed by atoms with Crippen LogP contribution in [0.25, 0.3) is 0 Å². The fourth-order valence-electron chi connectivity index (χ4n) is 5.31. The molecule has 1 aliphatic heterocycles. The van der Waals surface area contributed by atoms with E-state index in [0.717, 1.165) is 28.2 Å². The average molecular weight is 489 g/mol. The van der Waals surface area contributed by atoms with Crippen molar-refractivity contribution in [3.8, 4) is 0 Å². The molecule has 0 saturated heterocycles. The van der Waals surface area contributed by atoms with Crippen LogP contribution in [0.3, 0.4) is 0 Å². The van der Waals surface area contributed by atoms with Gasteiger partial charge in [-0.3, -0.25) is 9.59 Å². The third-order valence-corrected chi connectivity index (χ3v) is 7.17. The largest absolute Gasteiger partial charge is 0.372 e. The number of allylic oxidation sites excluding steroid dienone is 1. The Morgan fingerprint density at radius 2 is 1.43 bits per heavy atom. The van der Waals surface area contributed by atoms with Crippen LogP contribution in [0.4, 0.5) is 15.8 Å². The van der Waals surface area contributed by atoms with Gasteiger partial charge in [-0.1, -0.05) is 72.8 Å². The molecule has 1 aliphatic carbocycles. The number of ketones is 2. The number of nitrogens with one attached hydrogen (secondary N) is 2. The summed E-state index contributed by atoms with van der Waals surface area (Å²) in [6, 6.07) is 30.6. The van der Waals surface area contributed by atoms with Crippen molar-refractivity contribution in [2.45, 2.75) is 24.8 Å². The Morgan fingerprint density at radius 3 is 2.16 bits per heavy atom. The summed E-state index contributed by atoms with van der Waals surface area (Å²) < 4.78 is 13.7. The van der Waals surface area contributed by atoms with Gasteiger partial charge in [-0.25, -0.2) is 4.39 Å². The van der Waals surface area contributed by atoms with Crippen LogP contribution in [0.5, 0.6) is 0 Å². The first-order chi connectivity index (χ1) is 18.1. The SMILES string of the molecule is O=C1C[C@H](c2ccccc2)CC2=C1[C@@H](c1ccc(F)cc1)Nc1ccc(C(=O)c3ccccc3)cc1N2. The number of benzene rings is 4. The minimum absolute atomic E-state index is 0.0458. The molecule has 5 heteroatoms. The maximum Gasteiger partial charge on any atom is 0.193 e. The zero-order chi connectivity index (χ0) is 25.4. The quantitative estimate of drug-likeness (QED) is 0.303. The fraction of sp³-hybridized carbons (Fsp3) is 0.125. The highest BCUT2D eigenvalue weighted by molar-refractivity contribution is 6.10. The second kappa shape index (κ2) is 9.51. The average Bonchev–Trinajstić information content (AvgIpc) is 3.10. The molecular formula is C32H25FN2O2. The summed E-state index contributed by atoms with van der Waals surface area (Å²) in [4.78, 5) is 26.8. The van der Waals surface area contributed by atoms with Crippen LogP contribution in [-0.4, -0.2) is 11.6 Å². The number of fused-ring (bicyclic) bond motifs is 1. The number of rotatable bonds is 4. The van der Waals surface area contributed by atoms with E-state index >= 15 is 0 Å². The van der Waals surface area contributed by atoms with Crippen molar-refractivity contribution in [3.63, 3.8) is 0 Å². The summed E-state index contributed by atoms with van der Waals surface area (Å²) >= 11 is 0. The first-order valence-corrected chi connectivity index (χ1v) is 12.4. The Labute approximate surface area is 214 Å². The molecule has 0 radical (unpaired) electrons.